The van der Waals surface area contributed by atoms with Crippen LogP contribution in [-0.4, -0.2) is 18.1 Å². The van der Waals surface area contributed by atoms with Gasteiger partial charge in [-0.1, -0.05) is 30.1 Å². The molecule has 0 saturated carbocycles. The molecule has 2 aromatic rings. The molecule has 0 aliphatic rings. The lowest BCUT2D eigenvalue weighted by atomic mass is 10.3. The maximum absolute atomic E-state index is 6.09. The van der Waals surface area contributed by atoms with Crippen LogP contribution in [0.5, 0.6) is 0 Å². The second kappa shape index (κ2) is 7.29. The summed E-state index contributed by atoms with van der Waals surface area (Å²) in [5, 5.41) is 3.35. The molecule has 0 aromatic carbocycles. The zero-order valence-corrected chi connectivity index (χ0v) is 13.0. The monoisotopic (exact) mass is 318 g/mol. The summed E-state index contributed by atoms with van der Waals surface area (Å²) in [6.45, 7) is 4.19. The second-order valence-electron chi connectivity index (χ2n) is 4.21. The first-order valence-corrected chi connectivity index (χ1v) is 7.88. The van der Waals surface area contributed by atoms with Crippen LogP contribution in [0.15, 0.2) is 16.7 Å². The van der Waals surface area contributed by atoms with E-state index in [1.54, 1.807) is 6.20 Å². The van der Waals surface area contributed by atoms with Crippen molar-refractivity contribution in [2.75, 3.05) is 13.1 Å². The first-order valence-electron chi connectivity index (χ1n) is 6.31. The van der Waals surface area contributed by atoms with Crippen molar-refractivity contribution in [3.05, 3.63) is 26.8 Å². The highest BCUT2D eigenvalue weighted by molar-refractivity contribution is 7.20. The van der Waals surface area contributed by atoms with Crippen molar-refractivity contribution in [2.24, 2.45) is 0 Å². The molecule has 0 amide bonds. The Labute approximate surface area is 126 Å². The Bertz CT molecular complexity index is 524. The number of hydrogen-bond donors (Lipinski definition) is 1. The summed E-state index contributed by atoms with van der Waals surface area (Å²) in [6.07, 6.45) is 4.70. The Kier molecular flexibility index (Phi) is 5.70. The number of nitrogens with zero attached hydrogens (tertiary/aromatic N) is 1. The predicted octanol–water partition coefficient (Wildman–Crippen LogP) is 4.64. The Hall–Kier alpha value is -0.550. The topological polar surface area (TPSA) is 38.1 Å². The lowest BCUT2D eigenvalue weighted by molar-refractivity contribution is 0.492. The van der Waals surface area contributed by atoms with Crippen LogP contribution in [0, 0.1) is 0 Å². The summed E-state index contributed by atoms with van der Waals surface area (Å²) in [7, 11) is 0. The van der Waals surface area contributed by atoms with Gasteiger partial charge in [-0.3, -0.25) is 0 Å². The molecule has 104 valence electrons. The van der Waals surface area contributed by atoms with Crippen LogP contribution in [0.2, 0.25) is 8.67 Å². The number of aromatic nitrogens is 1. The molecule has 0 bridgehead atoms. The van der Waals surface area contributed by atoms with Gasteiger partial charge in [0, 0.05) is 12.0 Å². The van der Waals surface area contributed by atoms with Crippen molar-refractivity contribution in [2.45, 2.75) is 26.2 Å². The van der Waals surface area contributed by atoms with Gasteiger partial charge in [0.25, 0.3) is 0 Å². The fourth-order valence-electron chi connectivity index (χ4n) is 1.72. The van der Waals surface area contributed by atoms with Gasteiger partial charge < -0.3 is 9.73 Å². The molecule has 3 nitrogen and oxygen atoms in total. The van der Waals surface area contributed by atoms with E-state index in [0.29, 0.717) is 14.4 Å². The number of oxazole rings is 1. The molecule has 0 aliphatic carbocycles. The van der Waals surface area contributed by atoms with Gasteiger partial charge >= 0.3 is 0 Å². The van der Waals surface area contributed by atoms with Gasteiger partial charge in [0.1, 0.15) is 4.34 Å². The summed E-state index contributed by atoms with van der Waals surface area (Å²) < 4.78 is 6.99. The number of hydrogen-bond acceptors (Lipinski definition) is 4. The molecule has 0 unspecified atom stereocenters. The maximum atomic E-state index is 6.09. The number of thiophene rings is 1. The zero-order valence-electron chi connectivity index (χ0n) is 10.7. The van der Waals surface area contributed by atoms with Gasteiger partial charge in [0.15, 0.2) is 11.7 Å². The molecule has 6 heteroatoms. The molecule has 1 N–H and O–H groups in total. The highest BCUT2D eigenvalue weighted by Crippen LogP contribution is 2.38. The van der Waals surface area contributed by atoms with Crippen molar-refractivity contribution in [3.63, 3.8) is 0 Å². The van der Waals surface area contributed by atoms with Crippen molar-refractivity contribution < 1.29 is 4.42 Å². The fraction of sp³-hybridized carbons (Fsp3) is 0.462. The highest BCUT2D eigenvalue weighted by Gasteiger charge is 2.13. The van der Waals surface area contributed by atoms with Gasteiger partial charge in [-0.15, -0.1) is 11.3 Å². The minimum absolute atomic E-state index is 0.636. The third kappa shape index (κ3) is 4.21. The van der Waals surface area contributed by atoms with Crippen LogP contribution >= 0.6 is 34.5 Å². The second-order valence-corrected chi connectivity index (χ2v) is 6.50. The SMILES string of the molecule is CCCNCCCc1ncc(-c2cc(Cl)sc2Cl)o1. The normalized spacial score (nSPS) is 11.1. The lowest BCUT2D eigenvalue weighted by Gasteiger charge is -2.00. The van der Waals surface area contributed by atoms with Crippen molar-refractivity contribution in [1.82, 2.24) is 10.3 Å². The summed E-state index contributed by atoms with van der Waals surface area (Å²) >= 11 is 13.3. The first kappa shape index (κ1) is 14.9. The van der Waals surface area contributed by atoms with E-state index >= 15 is 0 Å². The Morgan fingerprint density at radius 3 is 2.89 bits per heavy atom. The smallest absolute Gasteiger partial charge is 0.194 e. The van der Waals surface area contributed by atoms with Crippen molar-refractivity contribution in [1.29, 1.82) is 0 Å². The molecular weight excluding hydrogens is 303 g/mol. The minimum atomic E-state index is 0.636. The van der Waals surface area contributed by atoms with E-state index < -0.39 is 0 Å². The van der Waals surface area contributed by atoms with E-state index in [9.17, 15) is 0 Å². The number of aryl methyl sites for hydroxylation is 1. The van der Waals surface area contributed by atoms with Crippen molar-refractivity contribution >= 4 is 34.5 Å². The van der Waals surface area contributed by atoms with Gasteiger partial charge in [-0.25, -0.2) is 4.98 Å². The fourth-order valence-corrected chi connectivity index (χ4v) is 3.20. The van der Waals surface area contributed by atoms with Crippen molar-refractivity contribution in [3.8, 4) is 11.3 Å². The van der Waals surface area contributed by atoms with Gasteiger partial charge in [0.05, 0.1) is 10.5 Å². The Morgan fingerprint density at radius 2 is 2.21 bits per heavy atom. The predicted molar refractivity (Wildman–Crippen MR) is 81.3 cm³/mol. The standard InChI is InChI=1S/C13H16Cl2N2OS/c1-2-5-16-6-3-4-12-17-8-10(18-12)9-7-11(14)19-13(9)15/h7-8,16H,2-6H2,1H3. The lowest BCUT2D eigenvalue weighted by Crippen LogP contribution is -2.16. The van der Waals surface area contributed by atoms with Crippen LogP contribution < -0.4 is 5.32 Å². The van der Waals surface area contributed by atoms with E-state index in [1.807, 2.05) is 6.07 Å². The molecule has 2 aromatic heterocycles. The number of halogens is 2. The third-order valence-electron chi connectivity index (χ3n) is 2.65. The Morgan fingerprint density at radius 1 is 1.37 bits per heavy atom. The minimum Gasteiger partial charge on any atom is -0.441 e. The van der Waals surface area contributed by atoms with Crippen LogP contribution in [0.1, 0.15) is 25.7 Å². The molecule has 0 spiro atoms. The largest absolute Gasteiger partial charge is 0.441 e. The van der Waals surface area contributed by atoms with E-state index in [0.717, 1.165) is 43.8 Å². The van der Waals surface area contributed by atoms with Gasteiger partial charge in [0.2, 0.25) is 0 Å². The summed E-state index contributed by atoms with van der Waals surface area (Å²) in [4.78, 5) is 4.27. The van der Waals surface area contributed by atoms with Gasteiger partial charge in [-0.2, -0.15) is 0 Å². The van der Waals surface area contributed by atoms with E-state index in [-0.39, 0.29) is 0 Å². The zero-order chi connectivity index (χ0) is 13.7. The van der Waals surface area contributed by atoms with E-state index in [1.165, 1.54) is 11.3 Å². The molecule has 2 heterocycles. The quantitative estimate of drug-likeness (QED) is 0.755. The van der Waals surface area contributed by atoms with E-state index in [4.69, 9.17) is 27.6 Å². The molecular formula is C13H16Cl2N2OS. The molecule has 0 atom stereocenters. The number of rotatable bonds is 7. The summed E-state index contributed by atoms with van der Waals surface area (Å²) in [6, 6.07) is 1.81. The molecule has 0 saturated heterocycles. The summed E-state index contributed by atoms with van der Waals surface area (Å²) in [5.74, 6) is 1.43. The van der Waals surface area contributed by atoms with Crippen LogP contribution in [0.3, 0.4) is 0 Å². The first-order chi connectivity index (χ1) is 9.20. The van der Waals surface area contributed by atoms with Crippen LogP contribution in [0.4, 0.5) is 0 Å². The third-order valence-corrected chi connectivity index (χ3v) is 4.13. The molecule has 19 heavy (non-hydrogen) atoms. The average molecular weight is 319 g/mol. The molecule has 0 fully saturated rings. The van der Waals surface area contributed by atoms with Crippen LogP contribution in [0.25, 0.3) is 11.3 Å². The number of nitrogens with one attached hydrogen (secondary N) is 1. The molecule has 0 aliphatic heterocycles. The Balaban J connectivity index is 1.90. The van der Waals surface area contributed by atoms with Gasteiger partial charge in [-0.05, 0) is 32.0 Å². The highest BCUT2D eigenvalue weighted by atomic mass is 35.5. The molecule has 0 radical (unpaired) electrons. The maximum Gasteiger partial charge on any atom is 0.194 e. The summed E-state index contributed by atoms with van der Waals surface area (Å²) in [5.41, 5.74) is 0.819. The van der Waals surface area contributed by atoms with E-state index in [2.05, 4.69) is 17.2 Å². The van der Waals surface area contributed by atoms with Crippen LogP contribution in [-0.2, 0) is 6.42 Å². The average Bonchev–Trinajstić information content (AvgIpc) is 2.95. The molecule has 2 rings (SSSR count).